The summed E-state index contributed by atoms with van der Waals surface area (Å²) in [6, 6.07) is 0. The topological polar surface area (TPSA) is 353 Å². The molecule has 25 nitrogen and oxygen atoms in total. The Kier molecular flexibility index (Phi) is 33.1. The zero-order chi connectivity index (χ0) is 64.7. The first-order chi connectivity index (χ1) is 42.7. The van der Waals surface area contributed by atoms with Gasteiger partial charge in [-0.15, -0.1) is 0 Å². The summed E-state index contributed by atoms with van der Waals surface area (Å²) in [7, 11) is 0. The average Bonchev–Trinajstić information content (AvgIpc) is 1.15. The van der Waals surface area contributed by atoms with Crippen molar-refractivity contribution in [2.24, 2.45) is 0 Å². The van der Waals surface area contributed by atoms with Crippen molar-refractivity contribution in [3.63, 3.8) is 0 Å². The van der Waals surface area contributed by atoms with Crippen LogP contribution in [0.3, 0.4) is 0 Å². The number of aliphatic hydroxyl groups excluding tert-OH is 9. The molecule has 0 amide bonds. The normalized spacial score (nSPS) is 40.6. The zero-order valence-corrected chi connectivity index (χ0v) is 53.9. The minimum Gasteiger partial charge on any atom is -0.457 e. The van der Waals surface area contributed by atoms with E-state index in [1.807, 2.05) is 0 Å². The van der Waals surface area contributed by atoms with E-state index in [0.29, 0.717) is 38.5 Å². The third-order valence-electron chi connectivity index (χ3n) is 18.2. The first-order valence-electron chi connectivity index (χ1n) is 33.9. The predicted molar refractivity (Wildman–Crippen MR) is 317 cm³/mol. The van der Waals surface area contributed by atoms with Crippen LogP contribution in [0, 0.1) is 0 Å². The highest BCUT2D eigenvalue weighted by Gasteiger charge is 2.59. The number of aliphatic hydroxyl groups is 9. The molecule has 6 rings (SSSR count). The number of unbranched alkanes of at least 4 members (excludes halogenated alkanes) is 12. The maximum Gasteiger partial charge on any atom is 0.306 e. The van der Waals surface area contributed by atoms with Gasteiger partial charge in [0.1, 0.15) is 79.4 Å². The van der Waals surface area contributed by atoms with Gasteiger partial charge in [-0.25, -0.2) is 0 Å². The van der Waals surface area contributed by atoms with Gasteiger partial charge in [0, 0.05) is 19.3 Å². The Morgan fingerprint density at radius 3 is 1.56 bits per heavy atom. The number of rotatable bonds is 27. The van der Waals surface area contributed by atoms with Crippen LogP contribution in [-0.4, -0.2) is 230 Å². The fourth-order valence-corrected chi connectivity index (χ4v) is 12.7. The van der Waals surface area contributed by atoms with E-state index in [-0.39, 0.29) is 25.4 Å². The number of carbonyl (C=O) groups excluding carboxylic acids is 3. The Balaban J connectivity index is 1.34. The zero-order valence-electron chi connectivity index (χ0n) is 53.9. The van der Waals surface area contributed by atoms with Gasteiger partial charge in [0.15, 0.2) is 49.8 Å². The lowest BCUT2D eigenvalue weighted by Gasteiger charge is -2.51. The standard InChI is InChI=1S/C64H112O25/c1-8-11-14-16-18-23-29-34-44(68)85-59-58(89-61-50(74)47(71)46(70)41(35-65)82-61)55(87-60-51(75)49(73)53(37(5)78-60)83-42(66)32-27-21-15-12-9-2)39(7)80-64(59)86-54-38(6)79-63-57(52(54)76)84-43(67)33-28-24-20-17-19-22-26-31-40(30-25-13-10-3)81-62-56(88-63)48(72)45(69)36(4)77-62/h36-41,45-65,69-76H,8-35H2,1-7H3/t36-,37-,38-,39-,40+,41-,45+,46-,47+,48-,49-,50-,51-,52+,53+,54+,55+,56-,57+,58+,59-,60+,61+,62+,63+,64+/m1/s1. The predicted octanol–water partition coefficient (Wildman–Crippen LogP) is 4.84. The quantitative estimate of drug-likeness (QED) is 0.0302. The number of hydrogen-bond acceptors (Lipinski definition) is 25. The van der Waals surface area contributed by atoms with Gasteiger partial charge >= 0.3 is 17.9 Å². The van der Waals surface area contributed by atoms with Gasteiger partial charge in [0.2, 0.25) is 0 Å². The summed E-state index contributed by atoms with van der Waals surface area (Å²) in [6.45, 7) is 11.6. The largest absolute Gasteiger partial charge is 0.457 e. The highest BCUT2D eigenvalue weighted by atomic mass is 16.8. The minimum atomic E-state index is -2.01. The second-order valence-electron chi connectivity index (χ2n) is 25.6. The first kappa shape index (κ1) is 75.7. The summed E-state index contributed by atoms with van der Waals surface area (Å²) in [5.74, 6) is -2.08. The van der Waals surface area contributed by atoms with E-state index in [9.17, 15) is 60.3 Å². The number of ether oxygens (including phenoxy) is 13. The fraction of sp³-hybridized carbons (Fsp3) is 0.953. The summed E-state index contributed by atoms with van der Waals surface area (Å²) in [5, 5.41) is 103. The molecule has 6 aliphatic heterocycles. The van der Waals surface area contributed by atoms with Crippen LogP contribution in [0.25, 0.3) is 0 Å². The molecular weight excluding hydrogens is 1170 g/mol. The number of esters is 3. The van der Waals surface area contributed by atoms with Crippen LogP contribution >= 0.6 is 0 Å². The molecule has 6 aliphatic rings. The number of hydrogen-bond donors (Lipinski definition) is 9. The van der Waals surface area contributed by atoms with E-state index in [2.05, 4.69) is 20.8 Å². The van der Waals surface area contributed by atoms with Crippen molar-refractivity contribution < 1.29 is 122 Å². The van der Waals surface area contributed by atoms with Crippen LogP contribution < -0.4 is 0 Å². The van der Waals surface area contributed by atoms with Crippen LogP contribution in [0.5, 0.6) is 0 Å². The maximum atomic E-state index is 14.3. The molecule has 0 aliphatic carbocycles. The Labute approximate surface area is 526 Å². The molecule has 0 saturated carbocycles. The Morgan fingerprint density at radius 2 is 0.921 bits per heavy atom. The van der Waals surface area contributed by atoms with Crippen molar-refractivity contribution in [3.8, 4) is 0 Å². The molecular formula is C64H112O25. The molecule has 0 aromatic carbocycles. The van der Waals surface area contributed by atoms with Crippen LogP contribution in [0.2, 0.25) is 0 Å². The van der Waals surface area contributed by atoms with Gasteiger partial charge < -0.3 is 108 Å². The summed E-state index contributed by atoms with van der Waals surface area (Å²) >= 11 is 0. The van der Waals surface area contributed by atoms with Crippen molar-refractivity contribution in [1.29, 1.82) is 0 Å². The molecule has 6 heterocycles. The molecule has 0 aromatic rings. The smallest absolute Gasteiger partial charge is 0.306 e. The van der Waals surface area contributed by atoms with E-state index < -0.39 is 178 Å². The van der Waals surface area contributed by atoms with E-state index in [0.717, 1.165) is 116 Å². The number of carbonyl (C=O) groups is 3. The molecule has 0 radical (unpaired) electrons. The lowest BCUT2D eigenvalue weighted by atomic mass is 9.95. The molecule has 89 heavy (non-hydrogen) atoms. The molecule has 0 unspecified atom stereocenters. The minimum absolute atomic E-state index is 0.0355. The third-order valence-corrected chi connectivity index (χ3v) is 18.2. The summed E-state index contributed by atoms with van der Waals surface area (Å²) in [4.78, 5) is 41.2. The lowest BCUT2D eigenvalue weighted by Crippen LogP contribution is -2.68. The van der Waals surface area contributed by atoms with Crippen molar-refractivity contribution in [1.82, 2.24) is 0 Å². The Bertz CT molecular complexity index is 2010. The van der Waals surface area contributed by atoms with Crippen molar-refractivity contribution >= 4 is 17.9 Å². The first-order valence-corrected chi connectivity index (χ1v) is 33.9. The van der Waals surface area contributed by atoms with Crippen LogP contribution in [-0.2, 0) is 76.0 Å². The van der Waals surface area contributed by atoms with Gasteiger partial charge in [-0.2, -0.15) is 0 Å². The second kappa shape index (κ2) is 38.9. The van der Waals surface area contributed by atoms with Crippen LogP contribution in [0.15, 0.2) is 0 Å². The maximum absolute atomic E-state index is 14.3. The van der Waals surface area contributed by atoms with Crippen molar-refractivity contribution in [2.45, 2.75) is 381 Å². The van der Waals surface area contributed by atoms with Gasteiger partial charge in [-0.05, 0) is 59.8 Å². The highest BCUT2D eigenvalue weighted by molar-refractivity contribution is 5.70. The molecule has 0 aromatic heterocycles. The van der Waals surface area contributed by atoms with Crippen molar-refractivity contribution in [2.75, 3.05) is 6.61 Å². The van der Waals surface area contributed by atoms with Gasteiger partial charge in [-0.1, -0.05) is 143 Å². The molecule has 9 N–H and O–H groups in total. The molecule has 518 valence electrons. The second-order valence-corrected chi connectivity index (χ2v) is 25.6. The molecule has 6 fully saturated rings. The lowest BCUT2D eigenvalue weighted by molar-refractivity contribution is -0.400. The van der Waals surface area contributed by atoms with Gasteiger partial charge in [0.05, 0.1) is 37.1 Å². The fourth-order valence-electron chi connectivity index (χ4n) is 12.7. The number of fused-ring (bicyclic) bond motifs is 2. The molecule has 6 saturated heterocycles. The third kappa shape index (κ3) is 22.1. The summed E-state index contributed by atoms with van der Waals surface area (Å²) in [6.07, 6.45) is -19.3. The van der Waals surface area contributed by atoms with E-state index >= 15 is 0 Å². The Morgan fingerprint density at radius 1 is 0.427 bits per heavy atom. The van der Waals surface area contributed by atoms with Gasteiger partial charge in [0.25, 0.3) is 0 Å². The summed E-state index contributed by atoms with van der Waals surface area (Å²) in [5.41, 5.74) is 0. The van der Waals surface area contributed by atoms with E-state index in [1.54, 1.807) is 6.92 Å². The van der Waals surface area contributed by atoms with E-state index in [1.165, 1.54) is 20.8 Å². The monoisotopic (exact) mass is 1280 g/mol. The summed E-state index contributed by atoms with van der Waals surface area (Å²) < 4.78 is 82.2. The molecule has 25 heteroatoms. The molecule has 0 spiro atoms. The van der Waals surface area contributed by atoms with Crippen LogP contribution in [0.1, 0.15) is 222 Å². The molecule has 26 atom stereocenters. The average molecular weight is 1280 g/mol. The SMILES string of the molecule is CCCCCCCCCC(=O)O[C@H]1[C@H](O[C@@H]2[C@H](O)[C@@H]3OC(=O)CCCCCCCCC[C@H](CCCCC)O[C@@H]4O[C@H](C)[C@H](O)[C@@H](O)[C@H]4O[C@@H]3O[C@@H]2C)O[C@H](C)[C@H](O[C@@H]2O[C@H](C)[C@H](OC(=O)CCCCCCC)[C@H](O)[C@H]2O)[C@@H]1O[C@@H]1O[C@H](CO)[C@@H](O)[C@H](O)[C@H]1O. The Hall–Kier alpha value is -2.35. The van der Waals surface area contributed by atoms with Gasteiger partial charge in [-0.3, -0.25) is 14.4 Å². The van der Waals surface area contributed by atoms with E-state index in [4.69, 9.17) is 61.6 Å². The van der Waals surface area contributed by atoms with Crippen molar-refractivity contribution in [3.05, 3.63) is 0 Å². The molecule has 0 bridgehead atoms. The highest BCUT2D eigenvalue weighted by Crippen LogP contribution is 2.39. The van der Waals surface area contributed by atoms with Crippen LogP contribution in [0.4, 0.5) is 0 Å².